The van der Waals surface area contributed by atoms with E-state index in [9.17, 15) is 8.42 Å². The summed E-state index contributed by atoms with van der Waals surface area (Å²) in [6, 6.07) is 7.59. The lowest BCUT2D eigenvalue weighted by molar-refractivity contribution is 0.590. The van der Waals surface area contributed by atoms with Crippen molar-refractivity contribution in [3.8, 4) is 0 Å². The van der Waals surface area contributed by atoms with Crippen molar-refractivity contribution in [3.63, 3.8) is 0 Å². The summed E-state index contributed by atoms with van der Waals surface area (Å²) in [7, 11) is -3.10. The van der Waals surface area contributed by atoms with Crippen LogP contribution in [-0.4, -0.2) is 8.42 Å². The second kappa shape index (κ2) is 2.83. The maximum absolute atomic E-state index is 12.1. The summed E-state index contributed by atoms with van der Waals surface area (Å²) in [4.78, 5) is 0. The van der Waals surface area contributed by atoms with Crippen LogP contribution in [0, 0.1) is 0 Å². The molecular weight excluding hydrogens is 208 g/mol. The number of fused-ring (bicyclic) bond motifs is 5. The van der Waals surface area contributed by atoms with Gasteiger partial charge in [0.15, 0.2) is 9.84 Å². The van der Waals surface area contributed by atoms with Gasteiger partial charge in [0.1, 0.15) is 10.5 Å². The summed E-state index contributed by atoms with van der Waals surface area (Å²) in [6.45, 7) is 0. The van der Waals surface area contributed by atoms with Crippen molar-refractivity contribution in [2.45, 2.75) is 10.5 Å². The number of hydrogen-bond donors (Lipinski definition) is 0. The van der Waals surface area contributed by atoms with Crippen LogP contribution < -0.4 is 0 Å². The molecule has 2 aliphatic rings. The van der Waals surface area contributed by atoms with Gasteiger partial charge in [-0.15, -0.1) is 0 Å². The quantitative estimate of drug-likeness (QED) is 0.669. The molecule has 0 saturated carbocycles. The molecule has 1 aromatic carbocycles. The number of hydrogen-bond acceptors (Lipinski definition) is 2. The van der Waals surface area contributed by atoms with Crippen molar-refractivity contribution >= 4 is 9.84 Å². The van der Waals surface area contributed by atoms with Crippen molar-refractivity contribution in [2.75, 3.05) is 0 Å². The zero-order chi connectivity index (χ0) is 10.5. The molecule has 76 valence electrons. The van der Waals surface area contributed by atoms with Gasteiger partial charge in [-0.05, 0) is 11.1 Å². The molecule has 2 heterocycles. The first-order valence-electron chi connectivity index (χ1n) is 4.88. The molecule has 0 N–H and O–H groups in total. The molecule has 1 aromatic rings. The van der Waals surface area contributed by atoms with Crippen LogP contribution in [-0.2, 0) is 9.84 Å². The minimum atomic E-state index is -3.10. The van der Waals surface area contributed by atoms with Crippen molar-refractivity contribution < 1.29 is 8.42 Å². The van der Waals surface area contributed by atoms with Gasteiger partial charge in [0.2, 0.25) is 0 Å². The minimum absolute atomic E-state index is 0.450. The van der Waals surface area contributed by atoms with Gasteiger partial charge in [-0.2, -0.15) is 0 Å². The Morgan fingerprint density at radius 3 is 1.80 bits per heavy atom. The lowest BCUT2D eigenvalue weighted by Crippen LogP contribution is -2.07. The molecule has 0 saturated heterocycles. The first-order valence-corrected chi connectivity index (χ1v) is 6.49. The largest absolute Gasteiger partial charge is 0.227 e. The fourth-order valence-electron chi connectivity index (χ4n) is 2.30. The van der Waals surface area contributed by atoms with Crippen LogP contribution in [0.25, 0.3) is 0 Å². The molecule has 2 bridgehead atoms. The van der Waals surface area contributed by atoms with Gasteiger partial charge in [0.05, 0.1) is 0 Å². The molecule has 0 fully saturated rings. The second-order valence-electron chi connectivity index (χ2n) is 3.83. The molecule has 2 aliphatic heterocycles. The van der Waals surface area contributed by atoms with Gasteiger partial charge in [-0.25, -0.2) is 8.42 Å². The van der Waals surface area contributed by atoms with Crippen molar-refractivity contribution in [2.24, 2.45) is 0 Å². The smallest absolute Gasteiger partial charge is 0.171 e. The Hall–Kier alpha value is -1.35. The highest BCUT2D eigenvalue weighted by Crippen LogP contribution is 2.47. The average Bonchev–Trinajstić information content (AvgIpc) is 2.29. The lowest BCUT2D eigenvalue weighted by atomic mass is 10.00. The van der Waals surface area contributed by atoms with Gasteiger partial charge in [0, 0.05) is 0 Å². The predicted octanol–water partition coefficient (Wildman–Crippen LogP) is 2.32. The Labute approximate surface area is 88.9 Å². The first-order chi connectivity index (χ1) is 7.21. The molecule has 0 aliphatic carbocycles. The zero-order valence-corrected chi connectivity index (χ0v) is 8.81. The molecule has 0 unspecified atom stereocenters. The van der Waals surface area contributed by atoms with E-state index in [-0.39, 0.29) is 0 Å². The molecule has 2 nitrogen and oxygen atoms in total. The molecular formula is C12H10O2S. The lowest BCUT2D eigenvalue weighted by Gasteiger charge is -2.05. The van der Waals surface area contributed by atoms with E-state index in [2.05, 4.69) is 0 Å². The SMILES string of the molecule is O=S1(=O)[C@@H]2C=CC=C[C@@H]1c1ccccc12. The minimum Gasteiger partial charge on any atom is -0.227 e. The number of rotatable bonds is 0. The maximum atomic E-state index is 12.1. The fourth-order valence-corrected chi connectivity index (χ4v) is 4.37. The second-order valence-corrected chi connectivity index (χ2v) is 6.02. The van der Waals surface area contributed by atoms with Crippen LogP contribution in [0.5, 0.6) is 0 Å². The number of allylic oxidation sites excluding steroid dienone is 2. The van der Waals surface area contributed by atoms with Gasteiger partial charge >= 0.3 is 0 Å². The van der Waals surface area contributed by atoms with E-state index in [1.165, 1.54) is 0 Å². The van der Waals surface area contributed by atoms with Gasteiger partial charge in [-0.3, -0.25) is 0 Å². The molecule has 2 atom stereocenters. The van der Waals surface area contributed by atoms with E-state index in [1.54, 1.807) is 12.2 Å². The van der Waals surface area contributed by atoms with Crippen LogP contribution >= 0.6 is 0 Å². The Bertz CT molecular complexity index is 522. The average molecular weight is 218 g/mol. The summed E-state index contributed by atoms with van der Waals surface area (Å²) >= 11 is 0. The van der Waals surface area contributed by atoms with Crippen LogP contribution in [0.15, 0.2) is 48.6 Å². The summed E-state index contributed by atoms with van der Waals surface area (Å²) in [5.74, 6) is 0. The van der Waals surface area contributed by atoms with Crippen molar-refractivity contribution in [1.82, 2.24) is 0 Å². The monoisotopic (exact) mass is 218 g/mol. The van der Waals surface area contributed by atoms with E-state index < -0.39 is 20.3 Å². The van der Waals surface area contributed by atoms with E-state index in [1.807, 2.05) is 36.4 Å². The maximum Gasteiger partial charge on any atom is 0.171 e. The fraction of sp³-hybridized carbons (Fsp3) is 0.167. The predicted molar refractivity (Wildman–Crippen MR) is 59.1 cm³/mol. The van der Waals surface area contributed by atoms with Crippen LogP contribution in [0.4, 0.5) is 0 Å². The molecule has 0 amide bonds. The molecule has 0 spiro atoms. The highest BCUT2D eigenvalue weighted by atomic mass is 32.2. The summed E-state index contributed by atoms with van der Waals surface area (Å²) in [5.41, 5.74) is 1.87. The Balaban J connectivity index is 2.38. The van der Waals surface area contributed by atoms with E-state index >= 15 is 0 Å². The van der Waals surface area contributed by atoms with Crippen LogP contribution in [0.3, 0.4) is 0 Å². The third kappa shape index (κ3) is 1.07. The van der Waals surface area contributed by atoms with Gasteiger partial charge < -0.3 is 0 Å². The molecule has 3 heteroatoms. The molecule has 15 heavy (non-hydrogen) atoms. The number of benzene rings is 1. The molecule has 0 aromatic heterocycles. The van der Waals surface area contributed by atoms with E-state index in [0.29, 0.717) is 0 Å². The topological polar surface area (TPSA) is 34.1 Å². The zero-order valence-electron chi connectivity index (χ0n) is 8.00. The van der Waals surface area contributed by atoms with Gasteiger partial charge in [-0.1, -0.05) is 48.6 Å². The van der Waals surface area contributed by atoms with Crippen molar-refractivity contribution in [1.29, 1.82) is 0 Å². The standard InChI is InChI=1S/C12H10O2S/c13-15(14)11-7-3-4-8-12(15)10-6-2-1-5-9(10)11/h1-8,11-12H/t11-,12-/m1/s1. The van der Waals surface area contributed by atoms with E-state index in [4.69, 9.17) is 0 Å². The Morgan fingerprint density at radius 1 is 0.867 bits per heavy atom. The van der Waals surface area contributed by atoms with E-state index in [0.717, 1.165) is 11.1 Å². The first kappa shape index (κ1) is 8.92. The normalized spacial score (nSPS) is 29.9. The summed E-state index contributed by atoms with van der Waals surface area (Å²) < 4.78 is 24.3. The third-order valence-electron chi connectivity index (χ3n) is 3.00. The molecule has 0 radical (unpaired) electrons. The Kier molecular flexibility index (Phi) is 1.68. The molecule has 3 rings (SSSR count). The summed E-state index contributed by atoms with van der Waals surface area (Å²) in [5, 5.41) is -0.901. The number of sulfone groups is 1. The Morgan fingerprint density at radius 2 is 1.33 bits per heavy atom. The third-order valence-corrected chi connectivity index (χ3v) is 5.24. The summed E-state index contributed by atoms with van der Waals surface area (Å²) in [6.07, 6.45) is 7.16. The van der Waals surface area contributed by atoms with Gasteiger partial charge in [0.25, 0.3) is 0 Å². The van der Waals surface area contributed by atoms with Crippen LogP contribution in [0.1, 0.15) is 21.6 Å². The highest BCUT2D eigenvalue weighted by molar-refractivity contribution is 7.92. The van der Waals surface area contributed by atoms with Crippen molar-refractivity contribution in [3.05, 3.63) is 59.7 Å². The highest BCUT2D eigenvalue weighted by Gasteiger charge is 2.42. The van der Waals surface area contributed by atoms with Crippen LogP contribution in [0.2, 0.25) is 0 Å².